The lowest BCUT2D eigenvalue weighted by molar-refractivity contribution is 0.534. The predicted octanol–water partition coefficient (Wildman–Crippen LogP) is 4.25. The van der Waals surface area contributed by atoms with Crippen molar-refractivity contribution in [2.45, 2.75) is 31.2 Å². The van der Waals surface area contributed by atoms with E-state index in [0.717, 1.165) is 16.7 Å². The van der Waals surface area contributed by atoms with Gasteiger partial charge in [0.25, 0.3) is 0 Å². The highest BCUT2D eigenvalue weighted by Crippen LogP contribution is 2.61. The minimum atomic E-state index is 0.269. The van der Waals surface area contributed by atoms with Gasteiger partial charge in [-0.2, -0.15) is 0 Å². The molecular formula is C17H18ClNS. The average Bonchev–Trinajstić information content (AvgIpc) is 3.08. The first kappa shape index (κ1) is 12.9. The number of thiophene rings is 1. The van der Waals surface area contributed by atoms with Gasteiger partial charge in [0, 0.05) is 10.9 Å². The van der Waals surface area contributed by atoms with Crippen LogP contribution in [0.2, 0.25) is 4.34 Å². The van der Waals surface area contributed by atoms with Crippen LogP contribution in [0.5, 0.6) is 0 Å². The lowest BCUT2D eigenvalue weighted by Crippen LogP contribution is -2.26. The summed E-state index contributed by atoms with van der Waals surface area (Å²) in [7, 11) is 0. The zero-order valence-electron chi connectivity index (χ0n) is 11.3. The Hall–Kier alpha value is -0.830. The van der Waals surface area contributed by atoms with E-state index < -0.39 is 0 Å². The van der Waals surface area contributed by atoms with Crippen LogP contribution in [0, 0.1) is 11.8 Å². The highest BCUT2D eigenvalue weighted by atomic mass is 35.5. The molecule has 0 spiro atoms. The molecule has 1 heterocycles. The molecule has 1 nitrogen and oxygen atoms in total. The van der Waals surface area contributed by atoms with Crippen molar-refractivity contribution in [2.75, 3.05) is 0 Å². The molecule has 0 bridgehead atoms. The fourth-order valence-electron chi connectivity index (χ4n) is 4.03. The first-order valence-electron chi connectivity index (χ1n) is 7.31. The largest absolute Gasteiger partial charge is 0.327 e. The number of benzene rings is 1. The summed E-state index contributed by atoms with van der Waals surface area (Å²) in [6, 6.07) is 13.3. The zero-order valence-corrected chi connectivity index (χ0v) is 12.8. The first-order chi connectivity index (χ1) is 9.74. The molecule has 4 unspecified atom stereocenters. The Morgan fingerprint density at radius 3 is 2.90 bits per heavy atom. The fourth-order valence-corrected chi connectivity index (χ4v) is 5.19. The average molecular weight is 304 g/mol. The number of nitrogens with two attached hydrogens (primary N) is 1. The maximum Gasteiger partial charge on any atom is 0.0931 e. The molecule has 4 atom stereocenters. The maximum atomic E-state index is 6.50. The van der Waals surface area contributed by atoms with Crippen LogP contribution in [0.3, 0.4) is 0 Å². The highest BCUT2D eigenvalue weighted by molar-refractivity contribution is 7.16. The lowest BCUT2D eigenvalue weighted by Gasteiger charge is -2.13. The molecule has 4 rings (SSSR count). The molecule has 3 heteroatoms. The molecule has 1 aromatic heterocycles. The maximum absolute atomic E-state index is 6.50. The summed E-state index contributed by atoms with van der Waals surface area (Å²) in [4.78, 5) is 1.32. The predicted molar refractivity (Wildman–Crippen MR) is 85.5 cm³/mol. The summed E-state index contributed by atoms with van der Waals surface area (Å²) in [6.07, 6.45) is 3.51. The van der Waals surface area contributed by atoms with Crippen molar-refractivity contribution in [2.24, 2.45) is 17.6 Å². The van der Waals surface area contributed by atoms with Gasteiger partial charge in [-0.25, -0.2) is 0 Å². The molecular weight excluding hydrogens is 286 g/mol. The number of fused-ring (bicyclic) bond motifs is 3. The third kappa shape index (κ3) is 2.11. The molecule has 2 N–H and O–H groups in total. The van der Waals surface area contributed by atoms with Gasteiger partial charge in [-0.15, -0.1) is 11.3 Å². The molecule has 20 heavy (non-hydrogen) atoms. The van der Waals surface area contributed by atoms with E-state index in [1.165, 1.54) is 17.7 Å². The standard InChI is InChI=1S/C17H18ClNS/c18-15-8-6-11(20-15)9-14(19)17-13-7-5-10-3-1-2-4-12(10)16(13)17/h1-4,6,8,13-14,16-17H,5,7,9,19H2. The van der Waals surface area contributed by atoms with Crippen LogP contribution in [0.1, 0.15) is 28.3 Å². The van der Waals surface area contributed by atoms with Crippen LogP contribution in [-0.4, -0.2) is 6.04 Å². The molecule has 2 aliphatic carbocycles. The van der Waals surface area contributed by atoms with Crippen molar-refractivity contribution in [3.8, 4) is 0 Å². The Bertz CT molecular complexity index is 635. The summed E-state index contributed by atoms with van der Waals surface area (Å²) >= 11 is 7.67. The molecule has 2 aromatic rings. The van der Waals surface area contributed by atoms with Gasteiger partial charge in [0.15, 0.2) is 0 Å². The molecule has 104 valence electrons. The highest BCUT2D eigenvalue weighted by Gasteiger charge is 2.55. The van der Waals surface area contributed by atoms with E-state index in [1.54, 1.807) is 22.5 Å². The number of hydrogen-bond donors (Lipinski definition) is 1. The second-order valence-corrected chi connectivity index (χ2v) is 7.88. The van der Waals surface area contributed by atoms with Crippen LogP contribution >= 0.6 is 22.9 Å². The van der Waals surface area contributed by atoms with Crippen LogP contribution < -0.4 is 5.73 Å². The minimum Gasteiger partial charge on any atom is -0.327 e. The Labute approximate surface area is 128 Å². The van der Waals surface area contributed by atoms with E-state index in [9.17, 15) is 0 Å². The zero-order chi connectivity index (χ0) is 13.7. The van der Waals surface area contributed by atoms with Gasteiger partial charge in [-0.3, -0.25) is 0 Å². The quantitative estimate of drug-likeness (QED) is 0.901. The number of halogens is 1. The number of hydrogen-bond acceptors (Lipinski definition) is 2. The van der Waals surface area contributed by atoms with Crippen molar-refractivity contribution >= 4 is 22.9 Å². The second-order valence-electron chi connectivity index (χ2n) is 6.08. The first-order valence-corrected chi connectivity index (χ1v) is 8.51. The third-order valence-corrected chi connectivity index (χ3v) is 6.20. The van der Waals surface area contributed by atoms with E-state index in [0.29, 0.717) is 11.8 Å². The summed E-state index contributed by atoms with van der Waals surface area (Å²) in [5.74, 6) is 2.19. The van der Waals surface area contributed by atoms with Gasteiger partial charge < -0.3 is 5.73 Å². The van der Waals surface area contributed by atoms with Crippen LogP contribution in [-0.2, 0) is 12.8 Å². The third-order valence-electron chi connectivity index (χ3n) is 4.95. The van der Waals surface area contributed by atoms with Gasteiger partial charge >= 0.3 is 0 Å². The van der Waals surface area contributed by atoms with Gasteiger partial charge in [-0.1, -0.05) is 35.9 Å². The van der Waals surface area contributed by atoms with E-state index in [-0.39, 0.29) is 6.04 Å². The Morgan fingerprint density at radius 2 is 2.10 bits per heavy atom. The number of aryl methyl sites for hydroxylation is 1. The normalized spacial score (nSPS) is 28.6. The summed E-state index contributed by atoms with van der Waals surface area (Å²) in [6.45, 7) is 0. The van der Waals surface area contributed by atoms with E-state index in [1.807, 2.05) is 6.07 Å². The Kier molecular flexibility index (Phi) is 3.13. The topological polar surface area (TPSA) is 26.0 Å². The smallest absolute Gasteiger partial charge is 0.0931 e. The van der Waals surface area contributed by atoms with E-state index >= 15 is 0 Å². The van der Waals surface area contributed by atoms with Crippen molar-refractivity contribution in [3.63, 3.8) is 0 Å². The monoisotopic (exact) mass is 303 g/mol. The van der Waals surface area contributed by atoms with Crippen molar-refractivity contribution < 1.29 is 0 Å². The second kappa shape index (κ2) is 4.87. The van der Waals surface area contributed by atoms with E-state index in [2.05, 4.69) is 30.3 Å². The lowest BCUT2D eigenvalue weighted by atomic mass is 9.92. The van der Waals surface area contributed by atoms with Crippen LogP contribution in [0.25, 0.3) is 0 Å². The van der Waals surface area contributed by atoms with E-state index in [4.69, 9.17) is 17.3 Å². The Balaban J connectivity index is 1.52. The van der Waals surface area contributed by atoms with Gasteiger partial charge in [0.2, 0.25) is 0 Å². The van der Waals surface area contributed by atoms with Gasteiger partial charge in [-0.05, 0) is 60.3 Å². The van der Waals surface area contributed by atoms with Crippen molar-refractivity contribution in [1.29, 1.82) is 0 Å². The molecule has 0 aliphatic heterocycles. The minimum absolute atomic E-state index is 0.269. The van der Waals surface area contributed by atoms with Crippen LogP contribution in [0.15, 0.2) is 36.4 Å². The Morgan fingerprint density at radius 1 is 1.25 bits per heavy atom. The van der Waals surface area contributed by atoms with Gasteiger partial charge in [0.05, 0.1) is 4.34 Å². The molecule has 0 amide bonds. The molecule has 2 aliphatic rings. The van der Waals surface area contributed by atoms with Crippen molar-refractivity contribution in [3.05, 3.63) is 56.7 Å². The SMILES string of the molecule is NC(Cc1ccc(Cl)s1)C1C2CCc3ccccc3C21. The molecule has 1 aromatic carbocycles. The molecule has 1 saturated carbocycles. The van der Waals surface area contributed by atoms with Crippen LogP contribution in [0.4, 0.5) is 0 Å². The summed E-state index contributed by atoms with van der Waals surface area (Å²) < 4.78 is 0.866. The van der Waals surface area contributed by atoms with Crippen molar-refractivity contribution in [1.82, 2.24) is 0 Å². The molecule has 0 saturated heterocycles. The summed E-state index contributed by atoms with van der Waals surface area (Å²) in [5.41, 5.74) is 9.61. The molecule has 0 radical (unpaired) electrons. The molecule has 1 fully saturated rings. The summed E-state index contributed by atoms with van der Waals surface area (Å²) in [5, 5.41) is 0. The fraction of sp³-hybridized carbons (Fsp3) is 0.412. The van der Waals surface area contributed by atoms with Gasteiger partial charge in [0.1, 0.15) is 0 Å². The number of rotatable bonds is 3.